The molecule has 1 fully saturated rings. The largest absolute Gasteiger partial charge is 0.495 e. The summed E-state index contributed by atoms with van der Waals surface area (Å²) in [6, 6.07) is 10.4. The maximum absolute atomic E-state index is 12.9. The number of methoxy groups -OCH3 is 1. The van der Waals surface area contributed by atoms with Crippen LogP contribution in [0.1, 0.15) is 12.0 Å². The Labute approximate surface area is 174 Å². The molecule has 2 N–H and O–H groups in total. The standard InChI is InChI=1S/C20H22FN3O5S/c1-29-18-8-7-16(24-11-2-12-30(24,27)28)13-17(18)23-20(26)19(25)22-10-9-14-3-5-15(21)6-4-14/h3-8,13H,2,9-12H2,1H3,(H,22,25)(H,23,26). The molecule has 0 atom stereocenters. The lowest BCUT2D eigenvalue weighted by atomic mass is 10.1. The van der Waals surface area contributed by atoms with Gasteiger partial charge in [-0.25, -0.2) is 12.8 Å². The number of halogens is 1. The Morgan fingerprint density at radius 2 is 1.87 bits per heavy atom. The molecule has 2 aromatic carbocycles. The molecule has 30 heavy (non-hydrogen) atoms. The SMILES string of the molecule is COc1ccc(N2CCCS2(=O)=O)cc1NC(=O)C(=O)NCCc1ccc(F)cc1. The molecule has 0 aliphatic carbocycles. The van der Waals surface area contributed by atoms with Gasteiger partial charge in [0.05, 0.1) is 24.2 Å². The van der Waals surface area contributed by atoms with Crippen LogP contribution in [0.4, 0.5) is 15.8 Å². The molecule has 8 nitrogen and oxygen atoms in total. The molecule has 2 amide bonds. The van der Waals surface area contributed by atoms with Crippen LogP contribution in [0.5, 0.6) is 5.75 Å². The summed E-state index contributed by atoms with van der Waals surface area (Å²) in [7, 11) is -1.98. The van der Waals surface area contributed by atoms with Crippen LogP contribution in [0.25, 0.3) is 0 Å². The smallest absolute Gasteiger partial charge is 0.313 e. The van der Waals surface area contributed by atoms with Crippen LogP contribution >= 0.6 is 0 Å². The zero-order valence-corrected chi connectivity index (χ0v) is 17.2. The van der Waals surface area contributed by atoms with Crippen molar-refractivity contribution >= 4 is 33.2 Å². The van der Waals surface area contributed by atoms with Gasteiger partial charge in [0.15, 0.2) is 0 Å². The summed E-state index contributed by atoms with van der Waals surface area (Å²) < 4.78 is 43.6. The van der Waals surface area contributed by atoms with Crippen molar-refractivity contribution in [3.63, 3.8) is 0 Å². The first-order chi connectivity index (χ1) is 14.3. The molecule has 0 saturated carbocycles. The molecule has 0 radical (unpaired) electrons. The predicted octanol–water partition coefficient (Wildman–Crippen LogP) is 1.67. The third-order valence-corrected chi connectivity index (χ3v) is 6.51. The summed E-state index contributed by atoms with van der Waals surface area (Å²) in [5.74, 6) is -1.74. The van der Waals surface area contributed by atoms with Crippen LogP contribution in [0.15, 0.2) is 42.5 Å². The fourth-order valence-electron chi connectivity index (χ4n) is 3.11. The second-order valence-electron chi connectivity index (χ2n) is 6.71. The normalized spacial score (nSPS) is 14.9. The zero-order valence-electron chi connectivity index (χ0n) is 16.4. The number of benzene rings is 2. The number of ether oxygens (including phenoxy) is 1. The van der Waals surface area contributed by atoms with Gasteiger partial charge in [0.1, 0.15) is 11.6 Å². The first-order valence-electron chi connectivity index (χ1n) is 9.32. The number of carbonyl (C=O) groups is 2. The average molecular weight is 435 g/mol. The summed E-state index contributed by atoms with van der Waals surface area (Å²) in [4.78, 5) is 24.4. The Hall–Kier alpha value is -3.14. The lowest BCUT2D eigenvalue weighted by Crippen LogP contribution is -2.36. The molecule has 2 aromatic rings. The van der Waals surface area contributed by atoms with Crippen molar-refractivity contribution in [3.8, 4) is 5.75 Å². The molecule has 0 unspecified atom stereocenters. The maximum Gasteiger partial charge on any atom is 0.313 e. The second-order valence-corrected chi connectivity index (χ2v) is 8.73. The molecule has 0 aromatic heterocycles. The predicted molar refractivity (Wildman–Crippen MR) is 110 cm³/mol. The van der Waals surface area contributed by atoms with E-state index in [-0.39, 0.29) is 23.8 Å². The fraction of sp³-hybridized carbons (Fsp3) is 0.300. The number of hydrogen-bond donors (Lipinski definition) is 2. The molecule has 160 valence electrons. The van der Waals surface area contributed by atoms with Gasteiger partial charge in [0, 0.05) is 13.1 Å². The van der Waals surface area contributed by atoms with Gasteiger partial charge >= 0.3 is 11.8 Å². The Balaban J connectivity index is 1.63. The molecule has 0 spiro atoms. The van der Waals surface area contributed by atoms with Crippen LogP contribution in [0.3, 0.4) is 0 Å². The lowest BCUT2D eigenvalue weighted by Gasteiger charge is -2.19. The van der Waals surface area contributed by atoms with Crippen molar-refractivity contribution in [1.82, 2.24) is 5.32 Å². The summed E-state index contributed by atoms with van der Waals surface area (Å²) in [6.07, 6.45) is 0.956. The Morgan fingerprint density at radius 3 is 2.50 bits per heavy atom. The van der Waals surface area contributed by atoms with Crippen LogP contribution in [0, 0.1) is 5.82 Å². The van der Waals surface area contributed by atoms with Gasteiger partial charge in [-0.15, -0.1) is 0 Å². The molecular formula is C20H22FN3O5S. The highest BCUT2D eigenvalue weighted by Gasteiger charge is 2.29. The van der Waals surface area contributed by atoms with E-state index in [1.807, 2.05) is 0 Å². The Bertz CT molecular complexity index is 1040. The number of sulfonamides is 1. The number of rotatable bonds is 6. The maximum atomic E-state index is 12.9. The van der Waals surface area contributed by atoms with E-state index in [1.54, 1.807) is 18.2 Å². The lowest BCUT2D eigenvalue weighted by molar-refractivity contribution is -0.136. The minimum atomic E-state index is -3.39. The molecule has 10 heteroatoms. The fourth-order valence-corrected chi connectivity index (χ4v) is 4.67. The van der Waals surface area contributed by atoms with E-state index in [0.29, 0.717) is 30.8 Å². The molecule has 1 aliphatic heterocycles. The molecule has 1 saturated heterocycles. The van der Waals surface area contributed by atoms with Crippen molar-refractivity contribution in [2.75, 3.05) is 35.6 Å². The number of nitrogens with one attached hydrogen (secondary N) is 2. The van der Waals surface area contributed by atoms with Crippen molar-refractivity contribution < 1.29 is 27.1 Å². The molecular weight excluding hydrogens is 413 g/mol. The first-order valence-corrected chi connectivity index (χ1v) is 10.9. The van der Waals surface area contributed by atoms with Crippen molar-refractivity contribution in [1.29, 1.82) is 0 Å². The number of carbonyl (C=O) groups excluding carboxylic acids is 2. The molecule has 0 bridgehead atoms. The first kappa shape index (κ1) is 21.6. The van der Waals surface area contributed by atoms with Gasteiger partial charge in [0.25, 0.3) is 0 Å². The minimum Gasteiger partial charge on any atom is -0.495 e. The van der Waals surface area contributed by atoms with Crippen LogP contribution in [0.2, 0.25) is 0 Å². The van der Waals surface area contributed by atoms with E-state index in [4.69, 9.17) is 4.74 Å². The van der Waals surface area contributed by atoms with E-state index in [2.05, 4.69) is 10.6 Å². The highest BCUT2D eigenvalue weighted by Crippen LogP contribution is 2.32. The third kappa shape index (κ3) is 5.07. The van der Waals surface area contributed by atoms with E-state index in [1.165, 1.54) is 35.7 Å². The van der Waals surface area contributed by atoms with Crippen molar-refractivity contribution in [2.45, 2.75) is 12.8 Å². The van der Waals surface area contributed by atoms with Gasteiger partial charge in [-0.1, -0.05) is 12.1 Å². The van der Waals surface area contributed by atoms with E-state index < -0.39 is 21.8 Å². The van der Waals surface area contributed by atoms with Gasteiger partial charge in [0.2, 0.25) is 10.0 Å². The molecule has 1 heterocycles. The van der Waals surface area contributed by atoms with Crippen LogP contribution in [-0.4, -0.2) is 46.2 Å². The quantitative estimate of drug-likeness (QED) is 0.672. The summed E-state index contributed by atoms with van der Waals surface area (Å²) >= 11 is 0. The Morgan fingerprint density at radius 1 is 1.13 bits per heavy atom. The highest BCUT2D eigenvalue weighted by molar-refractivity contribution is 7.93. The third-order valence-electron chi connectivity index (χ3n) is 4.64. The zero-order chi connectivity index (χ0) is 21.7. The summed E-state index contributed by atoms with van der Waals surface area (Å²) in [5.41, 5.74) is 1.40. The van der Waals surface area contributed by atoms with E-state index in [9.17, 15) is 22.4 Å². The minimum absolute atomic E-state index is 0.0666. The summed E-state index contributed by atoms with van der Waals surface area (Å²) in [5, 5.41) is 4.96. The molecule has 3 rings (SSSR count). The van der Waals surface area contributed by atoms with Gasteiger partial charge in [-0.05, 0) is 48.7 Å². The number of anilines is 2. The second kappa shape index (κ2) is 9.12. The highest BCUT2D eigenvalue weighted by atomic mass is 32.2. The molecule has 1 aliphatic rings. The van der Waals surface area contributed by atoms with E-state index in [0.717, 1.165) is 5.56 Å². The summed E-state index contributed by atoms with van der Waals surface area (Å²) in [6.45, 7) is 0.549. The average Bonchev–Trinajstić information content (AvgIpc) is 3.08. The Kier molecular flexibility index (Phi) is 6.56. The van der Waals surface area contributed by atoms with Crippen LogP contribution in [-0.2, 0) is 26.0 Å². The topological polar surface area (TPSA) is 105 Å². The monoisotopic (exact) mass is 435 g/mol. The van der Waals surface area contributed by atoms with Crippen LogP contribution < -0.4 is 19.7 Å². The van der Waals surface area contributed by atoms with Gasteiger partial charge < -0.3 is 15.4 Å². The number of nitrogens with zero attached hydrogens (tertiary/aromatic N) is 1. The number of amides is 2. The van der Waals surface area contributed by atoms with Gasteiger partial charge in [-0.3, -0.25) is 13.9 Å². The van der Waals surface area contributed by atoms with Gasteiger partial charge in [-0.2, -0.15) is 0 Å². The van der Waals surface area contributed by atoms with E-state index >= 15 is 0 Å². The number of hydrogen-bond acceptors (Lipinski definition) is 5. The van der Waals surface area contributed by atoms with Crippen molar-refractivity contribution in [2.24, 2.45) is 0 Å². The van der Waals surface area contributed by atoms with Crippen molar-refractivity contribution in [3.05, 3.63) is 53.8 Å².